The normalized spacial score (nSPS) is 10.3. The average molecular weight is 289 g/mol. The molecule has 0 saturated heterocycles. The molecule has 0 aliphatic heterocycles. The van der Waals surface area contributed by atoms with Gasteiger partial charge in [0.25, 0.3) is 0 Å². The van der Waals surface area contributed by atoms with E-state index in [9.17, 15) is 0 Å². The van der Waals surface area contributed by atoms with Gasteiger partial charge in [0, 0.05) is 32.5 Å². The van der Waals surface area contributed by atoms with Crippen molar-refractivity contribution < 1.29 is 4.74 Å². The highest BCUT2D eigenvalue weighted by molar-refractivity contribution is 5.59. The molecule has 2 aromatic rings. The lowest BCUT2D eigenvalue weighted by Gasteiger charge is -2.14. The number of methoxy groups -OCH3 is 1. The van der Waals surface area contributed by atoms with E-state index in [4.69, 9.17) is 10.6 Å². The number of hydrogen-bond donors (Lipinski definition) is 3. The molecular weight excluding hydrogens is 270 g/mol. The molecule has 0 aliphatic carbocycles. The Balaban J connectivity index is 2.32. The molecule has 1 aromatic carbocycles. The predicted molar refractivity (Wildman–Crippen MR) is 82.4 cm³/mol. The van der Waals surface area contributed by atoms with Gasteiger partial charge in [-0.3, -0.25) is 5.43 Å². The van der Waals surface area contributed by atoms with Crippen LogP contribution in [0.4, 0.5) is 23.5 Å². The number of rotatable bonds is 6. The van der Waals surface area contributed by atoms with Crippen LogP contribution >= 0.6 is 0 Å². The van der Waals surface area contributed by atoms with E-state index in [0.717, 1.165) is 11.3 Å². The first kappa shape index (κ1) is 14.9. The summed E-state index contributed by atoms with van der Waals surface area (Å²) in [5.74, 6) is 6.59. The van der Waals surface area contributed by atoms with Gasteiger partial charge in [0.1, 0.15) is 0 Å². The molecule has 1 heterocycles. The SMILES string of the molecule is COCc1ccccc1Nc1nc(NN)nc(N(C)C)n1. The molecule has 0 saturated carbocycles. The van der Waals surface area contributed by atoms with Gasteiger partial charge in [-0.2, -0.15) is 15.0 Å². The topological polar surface area (TPSA) is 101 Å². The van der Waals surface area contributed by atoms with Crippen LogP contribution in [-0.2, 0) is 11.3 Å². The molecule has 0 spiro atoms. The average Bonchev–Trinajstić information content (AvgIpc) is 2.49. The maximum atomic E-state index is 5.39. The van der Waals surface area contributed by atoms with Crippen molar-refractivity contribution in [1.29, 1.82) is 0 Å². The van der Waals surface area contributed by atoms with Crippen LogP contribution in [0.25, 0.3) is 0 Å². The van der Waals surface area contributed by atoms with Crippen molar-refractivity contribution in [2.75, 3.05) is 36.8 Å². The van der Waals surface area contributed by atoms with Gasteiger partial charge in [0.15, 0.2) is 0 Å². The predicted octanol–water partition coefficient (Wildman–Crippen LogP) is 1.11. The molecule has 0 aliphatic rings. The molecule has 0 fully saturated rings. The maximum Gasteiger partial charge on any atom is 0.243 e. The second-order valence-electron chi connectivity index (χ2n) is 4.54. The molecule has 21 heavy (non-hydrogen) atoms. The number of hydrogen-bond acceptors (Lipinski definition) is 8. The highest BCUT2D eigenvalue weighted by atomic mass is 16.5. The molecule has 4 N–H and O–H groups in total. The molecule has 0 atom stereocenters. The lowest BCUT2D eigenvalue weighted by Crippen LogP contribution is -2.18. The van der Waals surface area contributed by atoms with Crippen LogP contribution in [0.5, 0.6) is 0 Å². The molecule has 0 radical (unpaired) electrons. The number of nitrogen functional groups attached to an aromatic ring is 1. The van der Waals surface area contributed by atoms with Crippen molar-refractivity contribution in [1.82, 2.24) is 15.0 Å². The maximum absolute atomic E-state index is 5.39. The number of anilines is 4. The Bertz CT molecular complexity index is 603. The summed E-state index contributed by atoms with van der Waals surface area (Å²) in [6.45, 7) is 0.497. The highest BCUT2D eigenvalue weighted by Crippen LogP contribution is 2.20. The standard InChI is InChI=1S/C13H19N7O/c1-20(2)13-17-11(16-12(18-13)19-14)15-10-7-5-4-6-9(10)8-21-3/h4-7H,8,14H2,1-3H3,(H2,15,16,17,18,19). The lowest BCUT2D eigenvalue weighted by molar-refractivity contribution is 0.185. The van der Waals surface area contributed by atoms with Crippen molar-refractivity contribution in [2.24, 2.45) is 5.84 Å². The summed E-state index contributed by atoms with van der Waals surface area (Å²) in [7, 11) is 5.34. The zero-order valence-corrected chi connectivity index (χ0v) is 12.3. The van der Waals surface area contributed by atoms with Crippen molar-refractivity contribution in [3.8, 4) is 0 Å². The van der Waals surface area contributed by atoms with Gasteiger partial charge in [-0.15, -0.1) is 0 Å². The Morgan fingerprint density at radius 3 is 2.52 bits per heavy atom. The summed E-state index contributed by atoms with van der Waals surface area (Å²) >= 11 is 0. The first-order valence-corrected chi connectivity index (χ1v) is 6.38. The molecule has 1 aromatic heterocycles. The Morgan fingerprint density at radius 1 is 1.14 bits per heavy atom. The minimum absolute atomic E-state index is 0.292. The first-order chi connectivity index (χ1) is 10.1. The largest absolute Gasteiger partial charge is 0.380 e. The van der Waals surface area contributed by atoms with E-state index < -0.39 is 0 Å². The first-order valence-electron chi connectivity index (χ1n) is 6.38. The third-order valence-corrected chi connectivity index (χ3v) is 2.72. The minimum atomic E-state index is 0.292. The molecule has 0 amide bonds. The van der Waals surface area contributed by atoms with Gasteiger partial charge in [-0.1, -0.05) is 18.2 Å². The number of nitrogens with one attached hydrogen (secondary N) is 2. The molecule has 8 heteroatoms. The van der Waals surface area contributed by atoms with Crippen LogP contribution in [0.15, 0.2) is 24.3 Å². The van der Waals surface area contributed by atoms with Crippen molar-refractivity contribution in [2.45, 2.75) is 6.61 Å². The fraction of sp³-hybridized carbons (Fsp3) is 0.308. The van der Waals surface area contributed by atoms with E-state index in [0.29, 0.717) is 24.5 Å². The van der Waals surface area contributed by atoms with Gasteiger partial charge in [-0.05, 0) is 6.07 Å². The van der Waals surface area contributed by atoms with E-state index in [2.05, 4.69) is 25.7 Å². The Kier molecular flexibility index (Phi) is 4.85. The third-order valence-electron chi connectivity index (χ3n) is 2.72. The van der Waals surface area contributed by atoms with Gasteiger partial charge < -0.3 is 15.0 Å². The number of nitrogens with zero attached hydrogens (tertiary/aromatic N) is 4. The lowest BCUT2D eigenvalue weighted by atomic mass is 10.2. The van der Waals surface area contributed by atoms with E-state index in [1.165, 1.54) is 0 Å². The number of ether oxygens (including phenoxy) is 1. The quantitative estimate of drug-likeness (QED) is 0.537. The van der Waals surface area contributed by atoms with E-state index in [1.807, 2.05) is 38.4 Å². The van der Waals surface area contributed by atoms with Crippen molar-refractivity contribution >= 4 is 23.5 Å². The second-order valence-corrected chi connectivity index (χ2v) is 4.54. The highest BCUT2D eigenvalue weighted by Gasteiger charge is 2.09. The van der Waals surface area contributed by atoms with Gasteiger partial charge >= 0.3 is 0 Å². The fourth-order valence-electron chi connectivity index (χ4n) is 1.73. The summed E-state index contributed by atoms with van der Waals surface area (Å²) in [6, 6.07) is 7.79. The number of benzene rings is 1. The van der Waals surface area contributed by atoms with Gasteiger partial charge in [0.05, 0.1) is 6.61 Å². The summed E-state index contributed by atoms with van der Waals surface area (Å²) in [4.78, 5) is 14.5. The van der Waals surface area contributed by atoms with Gasteiger partial charge in [0.2, 0.25) is 17.8 Å². The molecular formula is C13H19N7O. The van der Waals surface area contributed by atoms with Crippen LogP contribution in [0.1, 0.15) is 5.56 Å². The van der Waals surface area contributed by atoms with Crippen LogP contribution in [0.3, 0.4) is 0 Å². The van der Waals surface area contributed by atoms with Crippen molar-refractivity contribution in [3.05, 3.63) is 29.8 Å². The van der Waals surface area contributed by atoms with Gasteiger partial charge in [-0.25, -0.2) is 5.84 Å². The molecule has 0 bridgehead atoms. The van der Waals surface area contributed by atoms with Crippen LogP contribution < -0.4 is 21.5 Å². The Morgan fingerprint density at radius 2 is 1.86 bits per heavy atom. The number of aromatic nitrogens is 3. The summed E-state index contributed by atoms with van der Waals surface area (Å²) in [5.41, 5.74) is 4.32. The zero-order chi connectivity index (χ0) is 15.2. The minimum Gasteiger partial charge on any atom is -0.380 e. The smallest absolute Gasteiger partial charge is 0.243 e. The van der Waals surface area contributed by atoms with E-state index >= 15 is 0 Å². The molecule has 8 nitrogen and oxygen atoms in total. The molecule has 0 unspecified atom stereocenters. The monoisotopic (exact) mass is 289 g/mol. The summed E-state index contributed by atoms with van der Waals surface area (Å²) in [6.07, 6.45) is 0. The number of nitrogens with two attached hydrogens (primary N) is 1. The second kappa shape index (κ2) is 6.82. The number of hydrazine groups is 1. The molecule has 112 valence electrons. The van der Waals surface area contributed by atoms with E-state index in [1.54, 1.807) is 12.0 Å². The Labute approximate surface area is 123 Å². The van der Waals surface area contributed by atoms with E-state index in [-0.39, 0.29) is 0 Å². The summed E-state index contributed by atoms with van der Waals surface area (Å²) in [5, 5.41) is 3.16. The van der Waals surface area contributed by atoms with Crippen LogP contribution in [-0.4, -0.2) is 36.2 Å². The fourth-order valence-corrected chi connectivity index (χ4v) is 1.73. The molecule has 2 rings (SSSR count). The van der Waals surface area contributed by atoms with Crippen LogP contribution in [0, 0.1) is 0 Å². The third kappa shape index (κ3) is 3.77. The van der Waals surface area contributed by atoms with Crippen molar-refractivity contribution in [3.63, 3.8) is 0 Å². The van der Waals surface area contributed by atoms with Crippen LogP contribution in [0.2, 0.25) is 0 Å². The summed E-state index contributed by atoms with van der Waals surface area (Å²) < 4.78 is 5.18. The number of para-hydroxylation sites is 1. The zero-order valence-electron chi connectivity index (χ0n) is 12.3. The Hall–Kier alpha value is -2.45.